The van der Waals surface area contributed by atoms with Gasteiger partial charge in [0.1, 0.15) is 28.0 Å². The van der Waals surface area contributed by atoms with Gasteiger partial charge < -0.3 is 14.5 Å². The van der Waals surface area contributed by atoms with Gasteiger partial charge in [-0.05, 0) is 61.5 Å². The molecule has 208 valence electrons. The number of para-hydroxylation sites is 2. The highest BCUT2D eigenvalue weighted by Gasteiger charge is 2.19. The molecule has 5 rings (SSSR count). The lowest BCUT2D eigenvalue weighted by Crippen LogP contribution is -2.32. The van der Waals surface area contributed by atoms with Crippen LogP contribution in [0.15, 0.2) is 100 Å². The highest BCUT2D eigenvalue weighted by molar-refractivity contribution is 7.07. The average molecular weight is 579 g/mol. The molecule has 0 aliphatic rings. The maximum Gasteiger partial charge on any atom is 0.280 e. The number of anilines is 1. The zero-order chi connectivity index (χ0) is 29.6. The summed E-state index contributed by atoms with van der Waals surface area (Å²) in [4.78, 5) is 37.9. The van der Waals surface area contributed by atoms with E-state index in [2.05, 4.69) is 5.32 Å². The Morgan fingerprint density at radius 3 is 2.48 bits per heavy atom. The van der Waals surface area contributed by atoms with Gasteiger partial charge >= 0.3 is 0 Å². The number of nitro groups is 1. The molecule has 3 aromatic carbocycles. The first-order chi connectivity index (χ1) is 20.4. The quantitative estimate of drug-likeness (QED) is 0.209. The van der Waals surface area contributed by atoms with Crippen molar-refractivity contribution in [3.8, 4) is 28.8 Å². The molecule has 1 N–H and O–H groups in total. The summed E-state index contributed by atoms with van der Waals surface area (Å²) in [5.74, 6) is 0.480. The van der Waals surface area contributed by atoms with Gasteiger partial charge in [0, 0.05) is 17.8 Å². The van der Waals surface area contributed by atoms with Gasteiger partial charge in [0.05, 0.1) is 27.3 Å². The molecule has 0 saturated carbocycles. The average Bonchev–Trinajstić information content (AvgIpc) is 3.59. The van der Waals surface area contributed by atoms with Crippen molar-refractivity contribution in [2.75, 3.05) is 11.9 Å². The fraction of sp³-hybridized carbons (Fsp3) is 0.0645. The molecule has 42 heavy (non-hydrogen) atoms. The van der Waals surface area contributed by atoms with Crippen molar-refractivity contribution in [2.45, 2.75) is 6.92 Å². The Hall–Kier alpha value is -5.73. The van der Waals surface area contributed by atoms with Crippen LogP contribution < -0.4 is 24.8 Å². The van der Waals surface area contributed by atoms with Crippen molar-refractivity contribution in [2.24, 2.45) is 0 Å². The Balaban J connectivity index is 1.61. The van der Waals surface area contributed by atoms with Crippen LogP contribution in [0.5, 0.6) is 5.75 Å². The lowest BCUT2D eigenvalue weighted by molar-refractivity contribution is -0.384. The molecule has 11 heteroatoms. The first-order valence-electron chi connectivity index (χ1n) is 12.7. The molecule has 2 heterocycles. The molecular weight excluding hydrogens is 556 g/mol. The van der Waals surface area contributed by atoms with Crippen molar-refractivity contribution in [1.29, 1.82) is 5.26 Å². The summed E-state index contributed by atoms with van der Waals surface area (Å²) in [6.45, 7) is 2.36. The first-order valence-corrected chi connectivity index (χ1v) is 13.5. The third kappa shape index (κ3) is 5.74. The Labute approximate surface area is 242 Å². The predicted octanol–water partition coefficient (Wildman–Crippen LogP) is 4.61. The molecular formula is C31H22N4O6S. The van der Waals surface area contributed by atoms with Crippen molar-refractivity contribution in [1.82, 2.24) is 4.57 Å². The minimum absolute atomic E-state index is 0.116. The Morgan fingerprint density at radius 1 is 1.07 bits per heavy atom. The number of aromatic nitrogens is 1. The minimum Gasteiger partial charge on any atom is -0.494 e. The third-order valence-electron chi connectivity index (χ3n) is 6.08. The van der Waals surface area contributed by atoms with Crippen LogP contribution in [-0.4, -0.2) is 22.0 Å². The summed E-state index contributed by atoms with van der Waals surface area (Å²) in [6, 6.07) is 26.7. The number of amides is 1. The zero-order valence-electron chi connectivity index (χ0n) is 22.1. The van der Waals surface area contributed by atoms with Crippen LogP contribution in [0.4, 0.5) is 11.4 Å². The molecule has 1 amide bonds. The number of thiazole rings is 1. The second-order valence-corrected chi connectivity index (χ2v) is 9.80. The van der Waals surface area contributed by atoms with Gasteiger partial charge in [-0.3, -0.25) is 24.3 Å². The molecule has 0 fully saturated rings. The van der Waals surface area contributed by atoms with Gasteiger partial charge in [0.25, 0.3) is 17.2 Å². The van der Waals surface area contributed by atoms with Crippen molar-refractivity contribution >= 4 is 40.3 Å². The van der Waals surface area contributed by atoms with Gasteiger partial charge in [0.15, 0.2) is 5.57 Å². The summed E-state index contributed by atoms with van der Waals surface area (Å²) in [7, 11) is 0. The van der Waals surface area contributed by atoms with E-state index >= 15 is 0 Å². The van der Waals surface area contributed by atoms with Crippen LogP contribution in [0.3, 0.4) is 0 Å². The highest BCUT2D eigenvalue weighted by atomic mass is 32.1. The van der Waals surface area contributed by atoms with E-state index in [0.717, 1.165) is 11.3 Å². The van der Waals surface area contributed by atoms with E-state index in [4.69, 9.17) is 9.15 Å². The van der Waals surface area contributed by atoms with Gasteiger partial charge in [0.2, 0.25) is 0 Å². The number of nitro benzene ring substituents is 1. The first kappa shape index (κ1) is 27.8. The number of furan rings is 1. The molecule has 5 aromatic rings. The van der Waals surface area contributed by atoms with Gasteiger partial charge in [-0.15, -0.1) is 11.3 Å². The molecule has 0 saturated heterocycles. The lowest BCUT2D eigenvalue weighted by Gasteiger charge is -2.07. The van der Waals surface area contributed by atoms with Crippen LogP contribution >= 0.6 is 11.3 Å². The molecule has 0 bridgehead atoms. The number of nitrogens with one attached hydrogen (secondary N) is 1. The number of rotatable bonds is 8. The minimum atomic E-state index is -0.684. The smallest absolute Gasteiger partial charge is 0.280 e. The molecule has 0 aliphatic heterocycles. The van der Waals surface area contributed by atoms with Crippen molar-refractivity contribution in [3.63, 3.8) is 0 Å². The monoisotopic (exact) mass is 578 g/mol. The van der Waals surface area contributed by atoms with E-state index < -0.39 is 16.4 Å². The number of ether oxygens (including phenoxy) is 1. The fourth-order valence-electron chi connectivity index (χ4n) is 4.20. The van der Waals surface area contributed by atoms with E-state index in [9.17, 15) is 25.0 Å². The van der Waals surface area contributed by atoms with Crippen LogP contribution in [0, 0.1) is 21.4 Å². The molecule has 0 aliphatic carbocycles. The maximum atomic E-state index is 13.7. The molecule has 0 unspecified atom stereocenters. The van der Waals surface area contributed by atoms with Crippen LogP contribution in [0.25, 0.3) is 28.7 Å². The number of hydrogen-bond donors (Lipinski definition) is 1. The SMILES string of the molecule is CCOc1ccc(NC(=O)/C(C#N)=c2/s/c(=C/c3ccc(-c4ccccc4[N+](=O)[O-])o3)c(=O)n2-c2ccccc2)cc1. The van der Waals surface area contributed by atoms with Gasteiger partial charge in [-0.1, -0.05) is 30.3 Å². The summed E-state index contributed by atoms with van der Waals surface area (Å²) in [6.07, 6.45) is 1.48. The molecule has 10 nitrogen and oxygen atoms in total. The van der Waals surface area contributed by atoms with Crippen LogP contribution in [0.1, 0.15) is 12.7 Å². The molecule has 0 spiro atoms. The van der Waals surface area contributed by atoms with Crippen molar-refractivity contribution < 1.29 is 18.9 Å². The van der Waals surface area contributed by atoms with Crippen LogP contribution in [0.2, 0.25) is 0 Å². The lowest BCUT2D eigenvalue weighted by atomic mass is 10.1. The van der Waals surface area contributed by atoms with Gasteiger partial charge in [-0.25, -0.2) is 0 Å². The van der Waals surface area contributed by atoms with Crippen molar-refractivity contribution in [3.05, 3.63) is 126 Å². The standard InChI is InChI=1S/C31H22N4O6S/c1-2-40-22-14-12-20(13-15-22)33-29(36)25(19-32)31-34(21-8-4-3-5-9-21)30(37)28(42-31)18-23-16-17-27(41-23)24-10-6-7-11-26(24)35(38)39/h3-18H,2H2,1H3,(H,33,36)/b28-18+,31-25+. The highest BCUT2D eigenvalue weighted by Crippen LogP contribution is 2.31. The summed E-state index contributed by atoms with van der Waals surface area (Å²) >= 11 is 0.956. The molecule has 2 aromatic heterocycles. The molecule has 0 radical (unpaired) electrons. The maximum absolute atomic E-state index is 13.7. The summed E-state index contributed by atoms with van der Waals surface area (Å²) < 4.78 is 12.9. The van der Waals surface area contributed by atoms with E-state index in [0.29, 0.717) is 29.3 Å². The summed E-state index contributed by atoms with van der Waals surface area (Å²) in [5, 5.41) is 24.2. The van der Waals surface area contributed by atoms with E-state index in [1.807, 2.05) is 13.0 Å². The third-order valence-corrected chi connectivity index (χ3v) is 7.17. The van der Waals surface area contributed by atoms with Gasteiger partial charge in [-0.2, -0.15) is 5.26 Å². The van der Waals surface area contributed by atoms with E-state index in [1.165, 1.54) is 16.7 Å². The van der Waals surface area contributed by atoms with E-state index in [-0.39, 0.29) is 32.0 Å². The largest absolute Gasteiger partial charge is 0.494 e. The zero-order valence-corrected chi connectivity index (χ0v) is 23.0. The molecule has 0 atom stereocenters. The Bertz CT molecular complexity index is 2000. The number of hydrogen-bond acceptors (Lipinski definition) is 8. The van der Waals surface area contributed by atoms with Crippen LogP contribution in [-0.2, 0) is 4.79 Å². The van der Waals surface area contributed by atoms with E-state index in [1.54, 1.807) is 84.9 Å². The predicted molar refractivity (Wildman–Crippen MR) is 159 cm³/mol. The number of benzene rings is 3. The second kappa shape index (κ2) is 12.2. The Kier molecular flexibility index (Phi) is 8.08. The Morgan fingerprint density at radius 2 is 1.79 bits per heavy atom. The number of carbonyl (C=O) groups excluding carboxylic acids is 1. The number of nitriles is 1. The number of carbonyl (C=O) groups is 1. The topological polar surface area (TPSA) is 140 Å². The fourth-order valence-corrected chi connectivity index (χ4v) is 5.28. The number of nitrogens with zero attached hydrogens (tertiary/aromatic N) is 3. The second-order valence-electron chi connectivity index (χ2n) is 8.77. The normalized spacial score (nSPS) is 12.0. The summed E-state index contributed by atoms with van der Waals surface area (Å²) in [5.41, 5.74) is 0.374.